The lowest BCUT2D eigenvalue weighted by atomic mass is 9.98. The third-order valence-electron chi connectivity index (χ3n) is 5.36. The highest BCUT2D eigenvalue weighted by Crippen LogP contribution is 2.34. The Balaban J connectivity index is 1.73. The fraction of sp³-hybridized carbons (Fsp3) is 0.565. The molecule has 3 rings (SSSR count). The number of amides is 2. The van der Waals surface area contributed by atoms with Gasteiger partial charge in [0.05, 0.1) is 12.2 Å². The standard InChI is InChI=1S/C23H25F7N4O6/c1-21(2,3)40-20(36)34-11-13(31-17(35)12-4-6-15(24)14(10-12)22(25,26)27)5-7-16(34)18-32-33-19(39-18)37-8-9-38-23(28,29)30/h4,6,10,13,16H,5,7-9,11H2,1-3H3,(H,31,35)/t13-,16+/m0/s1. The molecule has 0 aliphatic carbocycles. The summed E-state index contributed by atoms with van der Waals surface area (Å²) >= 11 is 0. The molecule has 2 heterocycles. The van der Waals surface area contributed by atoms with E-state index in [4.69, 9.17) is 13.9 Å². The second-order valence-electron chi connectivity index (χ2n) is 9.64. The number of alkyl halides is 6. The first kappa shape index (κ1) is 30.9. The number of ether oxygens (including phenoxy) is 3. The van der Waals surface area contributed by atoms with Crippen LogP contribution in [0.2, 0.25) is 0 Å². The van der Waals surface area contributed by atoms with Crippen LogP contribution in [0.3, 0.4) is 0 Å². The number of hydrogen-bond acceptors (Lipinski definition) is 8. The lowest BCUT2D eigenvalue weighted by molar-refractivity contribution is -0.325. The summed E-state index contributed by atoms with van der Waals surface area (Å²) in [6.45, 7) is 3.24. The first-order valence-corrected chi connectivity index (χ1v) is 11.8. The Bertz CT molecular complexity index is 1200. The molecular weight excluding hydrogens is 561 g/mol. The van der Waals surface area contributed by atoms with Crippen LogP contribution in [0.15, 0.2) is 22.6 Å². The van der Waals surface area contributed by atoms with E-state index in [2.05, 4.69) is 20.3 Å². The van der Waals surface area contributed by atoms with Crippen molar-refractivity contribution in [2.24, 2.45) is 0 Å². The molecule has 1 aliphatic rings. The number of hydrogen-bond donors (Lipinski definition) is 1. The summed E-state index contributed by atoms with van der Waals surface area (Å²) in [5, 5.41) is 9.91. The summed E-state index contributed by atoms with van der Waals surface area (Å²) in [5.74, 6) is -2.58. The van der Waals surface area contributed by atoms with Gasteiger partial charge in [-0.1, -0.05) is 5.10 Å². The zero-order chi connectivity index (χ0) is 29.9. The van der Waals surface area contributed by atoms with E-state index in [9.17, 15) is 40.3 Å². The van der Waals surface area contributed by atoms with E-state index in [1.54, 1.807) is 20.8 Å². The van der Waals surface area contributed by atoms with E-state index >= 15 is 0 Å². The van der Waals surface area contributed by atoms with Crippen molar-refractivity contribution in [2.45, 2.75) is 63.8 Å². The number of rotatable bonds is 7. The van der Waals surface area contributed by atoms with Gasteiger partial charge in [-0.3, -0.25) is 14.4 Å². The number of likely N-dealkylation sites (tertiary alicyclic amines) is 1. The SMILES string of the molecule is CC(C)(C)OC(=O)N1C[C@@H](NC(=O)c2ccc(F)c(C(F)(F)F)c2)CC[C@@H]1c1nnc(OCCOC(F)(F)F)o1. The molecule has 1 aromatic heterocycles. The summed E-state index contributed by atoms with van der Waals surface area (Å²) in [5.41, 5.74) is -2.96. The van der Waals surface area contributed by atoms with Crippen LogP contribution in [-0.4, -0.2) is 64.9 Å². The number of piperidine rings is 1. The van der Waals surface area contributed by atoms with Crippen molar-refractivity contribution in [3.8, 4) is 6.08 Å². The van der Waals surface area contributed by atoms with Crippen molar-refractivity contribution in [2.75, 3.05) is 19.8 Å². The number of carbonyl (C=O) groups is 2. The normalized spacial score (nSPS) is 18.4. The Morgan fingerprint density at radius 2 is 1.77 bits per heavy atom. The van der Waals surface area contributed by atoms with Gasteiger partial charge < -0.3 is 19.2 Å². The number of carbonyl (C=O) groups excluding carboxylic acids is 2. The molecule has 10 nitrogen and oxygen atoms in total. The van der Waals surface area contributed by atoms with E-state index in [0.717, 1.165) is 11.0 Å². The van der Waals surface area contributed by atoms with Gasteiger partial charge in [0.1, 0.15) is 24.1 Å². The Morgan fingerprint density at radius 1 is 1.07 bits per heavy atom. The Hall–Kier alpha value is -3.63. The first-order chi connectivity index (χ1) is 18.4. The molecule has 0 bridgehead atoms. The van der Waals surface area contributed by atoms with Gasteiger partial charge in [-0.25, -0.2) is 9.18 Å². The zero-order valence-corrected chi connectivity index (χ0v) is 21.4. The van der Waals surface area contributed by atoms with Crippen LogP contribution >= 0.6 is 0 Å². The average Bonchev–Trinajstić information content (AvgIpc) is 3.28. The van der Waals surface area contributed by atoms with Crippen molar-refractivity contribution in [3.05, 3.63) is 41.0 Å². The minimum Gasteiger partial charge on any atom is -0.447 e. The van der Waals surface area contributed by atoms with E-state index in [0.29, 0.717) is 12.1 Å². The van der Waals surface area contributed by atoms with Crippen LogP contribution in [0, 0.1) is 5.82 Å². The van der Waals surface area contributed by atoms with Crippen molar-refractivity contribution in [3.63, 3.8) is 0 Å². The molecule has 0 spiro atoms. The maximum absolute atomic E-state index is 13.6. The van der Waals surface area contributed by atoms with E-state index in [1.165, 1.54) is 0 Å². The summed E-state index contributed by atoms with van der Waals surface area (Å²) < 4.78 is 108. The fourth-order valence-electron chi connectivity index (χ4n) is 3.72. The van der Waals surface area contributed by atoms with Gasteiger partial charge in [0.15, 0.2) is 0 Å². The van der Waals surface area contributed by atoms with Crippen LogP contribution in [-0.2, 0) is 15.7 Å². The molecule has 222 valence electrons. The van der Waals surface area contributed by atoms with Crippen LogP contribution in [0.5, 0.6) is 6.08 Å². The number of nitrogens with zero attached hydrogens (tertiary/aromatic N) is 3. The van der Waals surface area contributed by atoms with Gasteiger partial charge >= 0.3 is 24.7 Å². The molecule has 1 aliphatic heterocycles. The second-order valence-corrected chi connectivity index (χ2v) is 9.64. The predicted molar refractivity (Wildman–Crippen MR) is 119 cm³/mol. The van der Waals surface area contributed by atoms with Crippen molar-refractivity contribution in [1.82, 2.24) is 20.4 Å². The quantitative estimate of drug-likeness (QED) is 0.356. The largest absolute Gasteiger partial charge is 0.522 e. The smallest absolute Gasteiger partial charge is 0.447 e. The van der Waals surface area contributed by atoms with Gasteiger partial charge in [-0.2, -0.15) is 13.2 Å². The summed E-state index contributed by atoms with van der Waals surface area (Å²) in [6.07, 6.45) is -10.9. The molecule has 17 heteroatoms. The zero-order valence-electron chi connectivity index (χ0n) is 21.4. The highest BCUT2D eigenvalue weighted by molar-refractivity contribution is 5.94. The minimum atomic E-state index is -5.01. The number of nitrogens with one attached hydrogen (secondary N) is 1. The molecule has 1 saturated heterocycles. The molecule has 0 radical (unpaired) electrons. The molecule has 2 atom stereocenters. The predicted octanol–water partition coefficient (Wildman–Crippen LogP) is 5.01. The van der Waals surface area contributed by atoms with Gasteiger partial charge in [-0.15, -0.1) is 18.3 Å². The van der Waals surface area contributed by atoms with Crippen LogP contribution < -0.4 is 10.1 Å². The molecule has 0 saturated carbocycles. The maximum atomic E-state index is 13.6. The third kappa shape index (κ3) is 8.69. The molecule has 2 amide bonds. The van der Waals surface area contributed by atoms with Gasteiger partial charge in [-0.05, 0) is 51.8 Å². The van der Waals surface area contributed by atoms with Gasteiger partial charge in [0, 0.05) is 18.2 Å². The highest BCUT2D eigenvalue weighted by Gasteiger charge is 2.39. The third-order valence-corrected chi connectivity index (χ3v) is 5.36. The second kappa shape index (κ2) is 11.9. The summed E-state index contributed by atoms with van der Waals surface area (Å²) in [7, 11) is 0. The molecule has 1 N–H and O–H groups in total. The van der Waals surface area contributed by atoms with Crippen LogP contribution in [0.25, 0.3) is 0 Å². The average molecular weight is 586 g/mol. The summed E-state index contributed by atoms with van der Waals surface area (Å²) in [4.78, 5) is 26.8. The molecule has 2 aromatic rings. The van der Waals surface area contributed by atoms with E-state index < -0.39 is 78.5 Å². The van der Waals surface area contributed by atoms with Crippen LogP contribution in [0.1, 0.15) is 61.5 Å². The van der Waals surface area contributed by atoms with Crippen LogP contribution in [0.4, 0.5) is 35.5 Å². The number of aromatic nitrogens is 2. The van der Waals surface area contributed by atoms with Crippen molar-refractivity contribution in [1.29, 1.82) is 0 Å². The fourth-order valence-corrected chi connectivity index (χ4v) is 3.72. The number of halogens is 7. The maximum Gasteiger partial charge on any atom is 0.522 e. The molecular formula is C23H25F7N4O6. The van der Waals surface area contributed by atoms with E-state index in [-0.39, 0.29) is 25.3 Å². The molecule has 40 heavy (non-hydrogen) atoms. The molecule has 1 aromatic carbocycles. The summed E-state index contributed by atoms with van der Waals surface area (Å²) in [6, 6.07) is 0.181. The van der Waals surface area contributed by atoms with Crippen molar-refractivity contribution < 1.29 is 58.9 Å². The monoisotopic (exact) mass is 586 g/mol. The number of benzene rings is 1. The topological polar surface area (TPSA) is 116 Å². The lowest BCUT2D eigenvalue weighted by Crippen LogP contribution is -2.52. The first-order valence-electron chi connectivity index (χ1n) is 11.8. The highest BCUT2D eigenvalue weighted by atomic mass is 19.4. The Kier molecular flexibility index (Phi) is 9.16. The van der Waals surface area contributed by atoms with Crippen molar-refractivity contribution >= 4 is 12.0 Å². The van der Waals surface area contributed by atoms with E-state index in [1.807, 2.05) is 0 Å². The Morgan fingerprint density at radius 3 is 2.40 bits per heavy atom. The van der Waals surface area contributed by atoms with Gasteiger partial charge in [0.2, 0.25) is 5.89 Å². The molecule has 1 fully saturated rings. The molecule has 0 unspecified atom stereocenters. The minimum absolute atomic E-state index is 0.111. The van der Waals surface area contributed by atoms with Gasteiger partial charge in [0.25, 0.3) is 5.91 Å². The Labute approximate surface area is 222 Å². The lowest BCUT2D eigenvalue weighted by Gasteiger charge is -2.38.